The highest BCUT2D eigenvalue weighted by Crippen LogP contribution is 2.34. The fourth-order valence-electron chi connectivity index (χ4n) is 3.99. The molecule has 2 amide bonds. The normalized spacial score (nSPS) is 10.5. The van der Waals surface area contributed by atoms with E-state index in [4.69, 9.17) is 0 Å². The summed E-state index contributed by atoms with van der Waals surface area (Å²) in [5.74, 6) is -0.283. The molecule has 0 saturated carbocycles. The molecule has 39 heavy (non-hydrogen) atoms. The Labute approximate surface area is 221 Å². The number of para-hydroxylation sites is 3. The van der Waals surface area contributed by atoms with Crippen LogP contribution in [0.4, 0.5) is 33.4 Å². The Kier molecular flexibility index (Phi) is 7.81. The third kappa shape index (κ3) is 5.83. The van der Waals surface area contributed by atoms with Crippen LogP contribution in [-0.2, 0) is 13.1 Å². The zero-order chi connectivity index (χ0) is 27.9. The molecule has 0 fully saturated rings. The SMILES string of the molecule is O=C(N(Cc1ccccc1[N+](=O)[O-])Cc1ccccc1[N+](=O)[O-])N(c1ccccc1)c1ncccc1[N+](=O)[O-]. The first kappa shape index (κ1) is 26.3. The predicted octanol–water partition coefficient (Wildman–Crippen LogP) is 5.77. The van der Waals surface area contributed by atoms with Gasteiger partial charge in [-0.05, 0) is 18.2 Å². The average Bonchev–Trinajstić information content (AvgIpc) is 2.94. The number of carbonyl (C=O) groups is 1. The van der Waals surface area contributed by atoms with Gasteiger partial charge in [-0.2, -0.15) is 0 Å². The summed E-state index contributed by atoms with van der Waals surface area (Å²) >= 11 is 0. The van der Waals surface area contributed by atoms with Gasteiger partial charge in [0.15, 0.2) is 0 Å². The lowest BCUT2D eigenvalue weighted by molar-refractivity contribution is -0.386. The number of nitro groups is 3. The van der Waals surface area contributed by atoms with Crippen LogP contribution in [0.25, 0.3) is 0 Å². The molecule has 0 aliphatic rings. The molecule has 4 rings (SSSR count). The standard InChI is InChI=1S/C26H20N6O7/c33-26(29(21-11-2-1-3-12-21)25-24(32(38)39)15-8-16-27-25)28(17-19-9-4-6-13-22(19)30(34)35)18-20-10-5-7-14-23(20)31(36)37/h1-16H,17-18H2. The number of hydrogen-bond donors (Lipinski definition) is 0. The van der Waals surface area contributed by atoms with Crippen molar-refractivity contribution in [2.24, 2.45) is 0 Å². The molecular weight excluding hydrogens is 508 g/mol. The number of nitrogens with zero attached hydrogens (tertiary/aromatic N) is 6. The second-order valence-corrected chi connectivity index (χ2v) is 8.18. The summed E-state index contributed by atoms with van der Waals surface area (Å²) in [5, 5.41) is 35.2. The third-order valence-corrected chi connectivity index (χ3v) is 5.75. The Morgan fingerprint density at radius 1 is 0.641 bits per heavy atom. The van der Waals surface area contributed by atoms with Crippen LogP contribution in [0.15, 0.2) is 97.2 Å². The molecule has 0 radical (unpaired) electrons. The molecule has 13 nitrogen and oxygen atoms in total. The van der Waals surface area contributed by atoms with E-state index in [1.807, 2.05) is 0 Å². The molecule has 1 heterocycles. The number of aromatic nitrogens is 1. The van der Waals surface area contributed by atoms with Crippen LogP contribution in [-0.4, -0.2) is 30.7 Å². The summed E-state index contributed by atoms with van der Waals surface area (Å²) in [6.07, 6.45) is 1.29. The number of anilines is 2. The molecule has 0 spiro atoms. The molecule has 4 aromatic rings. The summed E-state index contributed by atoms with van der Waals surface area (Å²) in [6.45, 7) is -0.655. The second kappa shape index (κ2) is 11.6. The van der Waals surface area contributed by atoms with Crippen molar-refractivity contribution < 1.29 is 19.6 Å². The number of nitro benzene ring substituents is 2. The van der Waals surface area contributed by atoms with Gasteiger partial charge in [-0.25, -0.2) is 14.7 Å². The number of rotatable bonds is 9. The zero-order valence-electron chi connectivity index (χ0n) is 20.2. The third-order valence-electron chi connectivity index (χ3n) is 5.75. The highest BCUT2D eigenvalue weighted by molar-refractivity contribution is 6.00. The van der Waals surface area contributed by atoms with Gasteiger partial charge in [-0.3, -0.25) is 30.3 Å². The van der Waals surface area contributed by atoms with Crippen molar-refractivity contribution >= 4 is 34.6 Å². The van der Waals surface area contributed by atoms with Gasteiger partial charge in [0.05, 0.1) is 33.5 Å². The summed E-state index contributed by atoms with van der Waals surface area (Å²) < 4.78 is 0. The van der Waals surface area contributed by atoms with E-state index in [1.165, 1.54) is 54.7 Å². The fraction of sp³-hybridized carbons (Fsp3) is 0.0769. The van der Waals surface area contributed by atoms with Gasteiger partial charge in [0.2, 0.25) is 5.82 Å². The van der Waals surface area contributed by atoms with Crippen LogP contribution in [0.1, 0.15) is 11.1 Å². The van der Waals surface area contributed by atoms with Gasteiger partial charge in [0.25, 0.3) is 11.4 Å². The Bertz CT molecular complexity index is 1490. The van der Waals surface area contributed by atoms with Gasteiger partial charge in [-0.1, -0.05) is 54.6 Å². The van der Waals surface area contributed by atoms with Gasteiger partial charge in [-0.15, -0.1) is 0 Å². The van der Waals surface area contributed by atoms with E-state index < -0.39 is 26.5 Å². The topological polar surface area (TPSA) is 166 Å². The number of carbonyl (C=O) groups excluding carboxylic acids is 1. The number of benzene rings is 3. The molecule has 1 aromatic heterocycles. The second-order valence-electron chi connectivity index (χ2n) is 8.18. The molecule has 3 aromatic carbocycles. The maximum Gasteiger partial charge on any atom is 0.331 e. The van der Waals surface area contributed by atoms with Crippen molar-refractivity contribution in [3.8, 4) is 0 Å². The van der Waals surface area contributed by atoms with E-state index in [0.29, 0.717) is 0 Å². The number of hydrogen-bond acceptors (Lipinski definition) is 8. The van der Waals surface area contributed by atoms with E-state index >= 15 is 0 Å². The maximum absolute atomic E-state index is 14.2. The number of urea groups is 1. The van der Waals surface area contributed by atoms with Crippen molar-refractivity contribution in [1.82, 2.24) is 9.88 Å². The molecule has 0 N–H and O–H groups in total. The van der Waals surface area contributed by atoms with Crippen molar-refractivity contribution in [3.05, 3.63) is 139 Å². The molecule has 0 atom stereocenters. The molecular formula is C26H20N6O7. The Balaban J connectivity index is 1.88. The maximum atomic E-state index is 14.2. The highest BCUT2D eigenvalue weighted by Gasteiger charge is 2.32. The highest BCUT2D eigenvalue weighted by atomic mass is 16.6. The Morgan fingerprint density at radius 3 is 1.62 bits per heavy atom. The van der Waals surface area contributed by atoms with Gasteiger partial charge in [0, 0.05) is 35.5 Å². The molecule has 196 valence electrons. The quantitative estimate of drug-likeness (QED) is 0.195. The molecule has 13 heteroatoms. The van der Waals surface area contributed by atoms with E-state index in [-0.39, 0.29) is 47.1 Å². The minimum atomic E-state index is -0.834. The average molecular weight is 528 g/mol. The monoisotopic (exact) mass is 528 g/mol. The minimum Gasteiger partial charge on any atom is -0.315 e. The van der Waals surface area contributed by atoms with Crippen molar-refractivity contribution in [2.75, 3.05) is 4.90 Å². The van der Waals surface area contributed by atoms with Crippen molar-refractivity contribution in [1.29, 1.82) is 0 Å². The van der Waals surface area contributed by atoms with Crippen molar-refractivity contribution in [3.63, 3.8) is 0 Å². The van der Waals surface area contributed by atoms with E-state index in [1.54, 1.807) is 42.5 Å². The first-order valence-corrected chi connectivity index (χ1v) is 11.5. The summed E-state index contributed by atoms with van der Waals surface area (Å²) in [5.41, 5.74) is -0.401. The van der Waals surface area contributed by atoms with Crippen LogP contribution >= 0.6 is 0 Å². The first-order valence-electron chi connectivity index (χ1n) is 11.5. The molecule has 0 aliphatic heterocycles. The van der Waals surface area contributed by atoms with Crippen LogP contribution in [0.2, 0.25) is 0 Å². The lowest BCUT2D eigenvalue weighted by Gasteiger charge is -2.30. The van der Waals surface area contributed by atoms with Crippen LogP contribution in [0, 0.1) is 30.3 Å². The van der Waals surface area contributed by atoms with E-state index in [0.717, 1.165) is 9.80 Å². The molecule has 0 saturated heterocycles. The van der Waals surface area contributed by atoms with Crippen molar-refractivity contribution in [2.45, 2.75) is 13.1 Å². The van der Waals surface area contributed by atoms with E-state index in [2.05, 4.69) is 4.98 Å². The van der Waals surface area contributed by atoms with Gasteiger partial charge in [0.1, 0.15) is 0 Å². The van der Waals surface area contributed by atoms with Crippen LogP contribution in [0.5, 0.6) is 0 Å². The number of amides is 2. The Morgan fingerprint density at radius 2 is 1.10 bits per heavy atom. The summed E-state index contributed by atoms with van der Waals surface area (Å²) in [4.78, 5) is 53.9. The summed E-state index contributed by atoms with van der Waals surface area (Å²) in [7, 11) is 0. The molecule has 0 unspecified atom stereocenters. The fourth-order valence-corrected chi connectivity index (χ4v) is 3.99. The van der Waals surface area contributed by atoms with Gasteiger partial charge < -0.3 is 4.90 Å². The largest absolute Gasteiger partial charge is 0.331 e. The zero-order valence-corrected chi connectivity index (χ0v) is 20.2. The smallest absolute Gasteiger partial charge is 0.315 e. The minimum absolute atomic E-state index is 0.165. The number of pyridine rings is 1. The molecule has 0 bridgehead atoms. The predicted molar refractivity (Wildman–Crippen MR) is 140 cm³/mol. The van der Waals surface area contributed by atoms with Crippen LogP contribution < -0.4 is 4.90 Å². The van der Waals surface area contributed by atoms with E-state index in [9.17, 15) is 35.1 Å². The Hall–Kier alpha value is -5.72. The molecule has 0 aliphatic carbocycles. The first-order chi connectivity index (χ1) is 18.8. The summed E-state index contributed by atoms with van der Waals surface area (Å²) in [6, 6.07) is 21.3. The van der Waals surface area contributed by atoms with Crippen LogP contribution in [0.3, 0.4) is 0 Å². The lowest BCUT2D eigenvalue weighted by atomic mass is 10.1. The van der Waals surface area contributed by atoms with Gasteiger partial charge >= 0.3 is 11.7 Å². The lowest BCUT2D eigenvalue weighted by Crippen LogP contribution is -2.41.